The third-order valence-electron chi connectivity index (χ3n) is 2.99. The number of hydrogen-bond acceptors (Lipinski definition) is 5. The number of aryl methyl sites for hydroxylation is 1. The number of nitrogens with one attached hydrogen (secondary N) is 1. The molecular weight excluding hydrogens is 258 g/mol. The van der Waals surface area contributed by atoms with Gasteiger partial charge in [-0.3, -0.25) is 0 Å². The molecule has 0 bridgehead atoms. The van der Waals surface area contributed by atoms with Crippen molar-refractivity contribution in [2.75, 3.05) is 19.5 Å². The first-order valence-corrected chi connectivity index (χ1v) is 6.10. The predicted octanol–water partition coefficient (Wildman–Crippen LogP) is 1.75. The number of carbonyl (C=O) groups excluding carboxylic acids is 1. The van der Waals surface area contributed by atoms with E-state index in [0.29, 0.717) is 0 Å². The van der Waals surface area contributed by atoms with Gasteiger partial charge in [0.05, 0.1) is 32.4 Å². The highest BCUT2D eigenvalue weighted by molar-refractivity contribution is 5.80. The average Bonchev–Trinajstić information content (AvgIpc) is 2.90. The zero-order chi connectivity index (χ0) is 14.5. The van der Waals surface area contributed by atoms with E-state index in [-0.39, 0.29) is 5.97 Å². The molecule has 0 fully saturated rings. The Bertz CT molecular complexity index is 578. The van der Waals surface area contributed by atoms with Crippen molar-refractivity contribution in [3.63, 3.8) is 0 Å². The normalized spacial score (nSPS) is 11.8. The quantitative estimate of drug-likeness (QED) is 0.842. The van der Waals surface area contributed by atoms with Crippen LogP contribution in [0.25, 0.3) is 0 Å². The summed E-state index contributed by atoms with van der Waals surface area (Å²) in [6, 6.07) is 6.71. The molecule has 0 saturated heterocycles. The molecular formula is C14H17N3O3. The topological polar surface area (TPSA) is 65.4 Å². The lowest BCUT2D eigenvalue weighted by Crippen LogP contribution is -2.24. The molecule has 0 aliphatic rings. The van der Waals surface area contributed by atoms with Gasteiger partial charge in [0.1, 0.15) is 5.75 Å². The first kappa shape index (κ1) is 13.9. The van der Waals surface area contributed by atoms with Crippen molar-refractivity contribution in [2.45, 2.75) is 6.04 Å². The van der Waals surface area contributed by atoms with E-state index in [1.807, 2.05) is 31.3 Å². The molecule has 20 heavy (non-hydrogen) atoms. The number of aromatic nitrogens is 2. The number of ether oxygens (including phenoxy) is 2. The van der Waals surface area contributed by atoms with E-state index in [0.717, 1.165) is 17.1 Å². The van der Waals surface area contributed by atoms with Gasteiger partial charge in [-0.05, 0) is 24.3 Å². The summed E-state index contributed by atoms with van der Waals surface area (Å²) in [5, 5.41) is 3.13. The summed E-state index contributed by atoms with van der Waals surface area (Å²) in [6.07, 6.45) is 3.28. The van der Waals surface area contributed by atoms with Crippen LogP contribution in [-0.4, -0.2) is 29.7 Å². The van der Waals surface area contributed by atoms with Crippen molar-refractivity contribution >= 4 is 11.7 Å². The molecule has 2 rings (SSSR count). The third-order valence-corrected chi connectivity index (χ3v) is 2.99. The first-order valence-electron chi connectivity index (χ1n) is 6.10. The Morgan fingerprint density at radius 3 is 2.50 bits per heavy atom. The summed E-state index contributed by atoms with van der Waals surface area (Å²) in [4.78, 5) is 16.0. The number of hydrogen-bond donors (Lipinski definition) is 1. The second kappa shape index (κ2) is 6.10. The lowest BCUT2D eigenvalue weighted by atomic mass is 10.2. The maximum atomic E-state index is 11.9. The molecule has 106 valence electrons. The summed E-state index contributed by atoms with van der Waals surface area (Å²) in [5.41, 5.74) is 1.52. The SMILES string of the molecule is COC(=O)C(Nc1ccc(OC)cc1)c1cncn1C. The number of benzene rings is 1. The standard InChI is InChI=1S/C14H17N3O3/c1-17-9-15-8-12(17)13(14(18)20-3)16-10-4-6-11(19-2)7-5-10/h4-9,13,16H,1-3H3. The molecule has 1 N–H and O–H groups in total. The fourth-order valence-corrected chi connectivity index (χ4v) is 1.87. The van der Waals surface area contributed by atoms with E-state index in [1.54, 1.807) is 24.2 Å². The minimum Gasteiger partial charge on any atom is -0.497 e. The van der Waals surface area contributed by atoms with Crippen LogP contribution >= 0.6 is 0 Å². The number of carbonyl (C=O) groups is 1. The highest BCUT2D eigenvalue weighted by Gasteiger charge is 2.24. The van der Waals surface area contributed by atoms with Crippen LogP contribution in [0.1, 0.15) is 11.7 Å². The Hall–Kier alpha value is -2.50. The highest BCUT2D eigenvalue weighted by atomic mass is 16.5. The Morgan fingerprint density at radius 1 is 1.30 bits per heavy atom. The molecule has 6 heteroatoms. The molecule has 1 atom stereocenters. The summed E-state index contributed by atoms with van der Waals surface area (Å²) >= 11 is 0. The van der Waals surface area contributed by atoms with E-state index in [2.05, 4.69) is 10.3 Å². The van der Waals surface area contributed by atoms with E-state index in [1.165, 1.54) is 7.11 Å². The van der Waals surface area contributed by atoms with Gasteiger partial charge in [0.25, 0.3) is 0 Å². The summed E-state index contributed by atoms with van der Waals surface area (Å²) < 4.78 is 11.7. The summed E-state index contributed by atoms with van der Waals surface area (Å²) in [7, 11) is 4.80. The largest absolute Gasteiger partial charge is 0.497 e. The zero-order valence-corrected chi connectivity index (χ0v) is 11.7. The number of anilines is 1. The Kier molecular flexibility index (Phi) is 4.24. The molecule has 6 nitrogen and oxygen atoms in total. The number of imidazole rings is 1. The monoisotopic (exact) mass is 275 g/mol. The van der Waals surface area contributed by atoms with Crippen LogP contribution in [0.15, 0.2) is 36.8 Å². The highest BCUT2D eigenvalue weighted by Crippen LogP contribution is 2.22. The van der Waals surface area contributed by atoms with Gasteiger partial charge in [-0.25, -0.2) is 9.78 Å². The second-order valence-corrected chi connectivity index (χ2v) is 4.26. The molecule has 1 aromatic heterocycles. The van der Waals surface area contributed by atoms with Crippen LogP contribution in [0.2, 0.25) is 0 Å². The summed E-state index contributed by atoms with van der Waals surface area (Å²) in [6.45, 7) is 0. The first-order chi connectivity index (χ1) is 9.65. The maximum Gasteiger partial charge on any atom is 0.334 e. The average molecular weight is 275 g/mol. The van der Waals surface area contributed by atoms with Gasteiger partial charge in [-0.2, -0.15) is 0 Å². The van der Waals surface area contributed by atoms with E-state index in [9.17, 15) is 4.79 Å². The van der Waals surface area contributed by atoms with Crippen LogP contribution in [-0.2, 0) is 16.6 Å². The van der Waals surface area contributed by atoms with Crippen molar-refractivity contribution in [1.29, 1.82) is 0 Å². The summed E-state index contributed by atoms with van der Waals surface area (Å²) in [5.74, 6) is 0.384. The Balaban J connectivity index is 2.24. The van der Waals surface area contributed by atoms with E-state index in [4.69, 9.17) is 9.47 Å². The molecule has 1 unspecified atom stereocenters. The van der Waals surface area contributed by atoms with Crippen molar-refractivity contribution in [1.82, 2.24) is 9.55 Å². The molecule has 0 aliphatic carbocycles. The van der Waals surface area contributed by atoms with Gasteiger partial charge in [0, 0.05) is 12.7 Å². The lowest BCUT2D eigenvalue weighted by Gasteiger charge is -2.18. The molecule has 1 heterocycles. The fraction of sp³-hybridized carbons (Fsp3) is 0.286. The molecule has 0 amide bonds. The number of nitrogens with zero attached hydrogens (tertiary/aromatic N) is 2. The number of esters is 1. The molecule has 0 saturated carbocycles. The smallest absolute Gasteiger partial charge is 0.334 e. The third kappa shape index (κ3) is 2.90. The molecule has 0 radical (unpaired) electrons. The van der Waals surface area contributed by atoms with Crippen LogP contribution < -0.4 is 10.1 Å². The zero-order valence-electron chi connectivity index (χ0n) is 11.7. The van der Waals surface area contributed by atoms with Crippen LogP contribution in [0.5, 0.6) is 5.75 Å². The Labute approximate surface area is 117 Å². The minimum atomic E-state index is -0.610. The number of methoxy groups -OCH3 is 2. The molecule has 1 aromatic carbocycles. The maximum absolute atomic E-state index is 11.9. The van der Waals surface area contributed by atoms with Crippen molar-refractivity contribution in [2.24, 2.45) is 7.05 Å². The lowest BCUT2D eigenvalue weighted by molar-refractivity contribution is -0.141. The molecule has 2 aromatic rings. The fourth-order valence-electron chi connectivity index (χ4n) is 1.87. The number of rotatable bonds is 5. The van der Waals surface area contributed by atoms with Gasteiger partial charge in [0.15, 0.2) is 6.04 Å². The van der Waals surface area contributed by atoms with Crippen LogP contribution in [0.4, 0.5) is 5.69 Å². The predicted molar refractivity (Wildman–Crippen MR) is 74.6 cm³/mol. The van der Waals surface area contributed by atoms with E-state index < -0.39 is 6.04 Å². The van der Waals surface area contributed by atoms with E-state index >= 15 is 0 Å². The minimum absolute atomic E-state index is 0.371. The molecule has 0 aliphatic heterocycles. The van der Waals surface area contributed by atoms with Gasteiger partial charge in [-0.15, -0.1) is 0 Å². The van der Waals surface area contributed by atoms with Crippen molar-refractivity contribution in [3.05, 3.63) is 42.5 Å². The van der Waals surface area contributed by atoms with Crippen LogP contribution in [0, 0.1) is 0 Å². The van der Waals surface area contributed by atoms with Gasteiger partial charge < -0.3 is 19.4 Å². The second-order valence-electron chi connectivity index (χ2n) is 4.26. The molecule has 0 spiro atoms. The Morgan fingerprint density at radius 2 is 2.00 bits per heavy atom. The van der Waals surface area contributed by atoms with Crippen LogP contribution in [0.3, 0.4) is 0 Å². The van der Waals surface area contributed by atoms with Gasteiger partial charge in [-0.1, -0.05) is 0 Å². The van der Waals surface area contributed by atoms with Crippen molar-refractivity contribution < 1.29 is 14.3 Å². The van der Waals surface area contributed by atoms with Gasteiger partial charge in [0.2, 0.25) is 0 Å². The van der Waals surface area contributed by atoms with Gasteiger partial charge >= 0.3 is 5.97 Å². The van der Waals surface area contributed by atoms with Crippen molar-refractivity contribution in [3.8, 4) is 5.75 Å².